The van der Waals surface area contributed by atoms with Gasteiger partial charge in [0, 0.05) is 19.9 Å². The maximum Gasteiger partial charge on any atom is 0.211 e. The number of hydrogen-bond acceptors (Lipinski definition) is 3. The third-order valence-corrected chi connectivity index (χ3v) is 2.19. The minimum Gasteiger partial charge on any atom is -0.370 e. The molecule has 0 radical (unpaired) electrons. The molecule has 1 aromatic heterocycles. The molecular weight excluding hydrogens is 168 g/mol. The molecule has 1 unspecified atom stereocenters. The Bertz CT molecular complexity index is 313. The molecule has 0 saturated carbocycles. The Labute approximate surface area is 76.5 Å². The first-order valence-corrected chi connectivity index (χ1v) is 4.43. The summed E-state index contributed by atoms with van der Waals surface area (Å²) in [7, 11) is 1.80. The van der Waals surface area contributed by atoms with E-state index in [0.717, 1.165) is 12.8 Å². The first-order valence-electron chi connectivity index (χ1n) is 4.43. The lowest BCUT2D eigenvalue weighted by molar-refractivity contribution is 0.0637. The van der Waals surface area contributed by atoms with Gasteiger partial charge in [0.15, 0.2) is 0 Å². The fraction of sp³-hybridized carbons (Fsp3) is 0.556. The fourth-order valence-electron chi connectivity index (χ4n) is 1.50. The number of ketones is 1. The van der Waals surface area contributed by atoms with E-state index in [2.05, 4.69) is 5.10 Å². The highest BCUT2D eigenvalue weighted by molar-refractivity contribution is 5.97. The SMILES string of the molecule is Cn1ccc(C(=O)C2CCCO2)n1. The Morgan fingerprint density at radius 1 is 1.77 bits per heavy atom. The van der Waals surface area contributed by atoms with E-state index >= 15 is 0 Å². The maximum atomic E-state index is 11.7. The van der Waals surface area contributed by atoms with Crippen LogP contribution in [-0.4, -0.2) is 28.3 Å². The van der Waals surface area contributed by atoms with Crippen molar-refractivity contribution < 1.29 is 9.53 Å². The van der Waals surface area contributed by atoms with E-state index in [9.17, 15) is 4.79 Å². The van der Waals surface area contributed by atoms with Crippen LogP contribution in [0.5, 0.6) is 0 Å². The summed E-state index contributed by atoms with van der Waals surface area (Å²) in [6.07, 6.45) is 3.32. The predicted molar refractivity (Wildman–Crippen MR) is 46.5 cm³/mol. The minimum absolute atomic E-state index is 0.0121. The van der Waals surface area contributed by atoms with E-state index in [1.807, 2.05) is 0 Å². The Balaban J connectivity index is 2.12. The van der Waals surface area contributed by atoms with Crippen LogP contribution in [0.1, 0.15) is 23.3 Å². The highest BCUT2D eigenvalue weighted by Gasteiger charge is 2.25. The molecule has 70 valence electrons. The molecule has 1 aliphatic heterocycles. The summed E-state index contributed by atoms with van der Waals surface area (Å²) in [5.74, 6) is 0.0121. The van der Waals surface area contributed by atoms with Crippen molar-refractivity contribution in [2.75, 3.05) is 6.61 Å². The van der Waals surface area contributed by atoms with Crippen LogP contribution in [0.15, 0.2) is 12.3 Å². The topological polar surface area (TPSA) is 44.1 Å². The van der Waals surface area contributed by atoms with Gasteiger partial charge in [-0.2, -0.15) is 5.10 Å². The van der Waals surface area contributed by atoms with Crippen molar-refractivity contribution in [1.82, 2.24) is 9.78 Å². The van der Waals surface area contributed by atoms with Crippen molar-refractivity contribution in [3.8, 4) is 0 Å². The number of aromatic nitrogens is 2. The van der Waals surface area contributed by atoms with E-state index in [0.29, 0.717) is 12.3 Å². The standard InChI is InChI=1S/C9H12N2O2/c1-11-5-4-7(10-11)9(12)8-3-2-6-13-8/h4-5,8H,2-3,6H2,1H3. The van der Waals surface area contributed by atoms with E-state index in [-0.39, 0.29) is 11.9 Å². The summed E-state index contributed by atoms with van der Waals surface area (Å²) >= 11 is 0. The third kappa shape index (κ3) is 1.62. The summed E-state index contributed by atoms with van der Waals surface area (Å²) in [5, 5.41) is 4.04. The average molecular weight is 180 g/mol. The van der Waals surface area contributed by atoms with Gasteiger partial charge in [-0.15, -0.1) is 0 Å². The molecule has 0 aromatic carbocycles. The number of nitrogens with zero attached hydrogens (tertiary/aromatic N) is 2. The Morgan fingerprint density at radius 3 is 3.15 bits per heavy atom. The van der Waals surface area contributed by atoms with Crippen LogP contribution in [0.3, 0.4) is 0 Å². The Morgan fingerprint density at radius 2 is 2.62 bits per heavy atom. The van der Waals surface area contributed by atoms with Gasteiger partial charge in [-0.05, 0) is 18.9 Å². The van der Waals surface area contributed by atoms with Crippen molar-refractivity contribution in [2.45, 2.75) is 18.9 Å². The van der Waals surface area contributed by atoms with Crippen LogP contribution in [0.25, 0.3) is 0 Å². The molecule has 1 aliphatic rings. The van der Waals surface area contributed by atoms with Gasteiger partial charge in [0.25, 0.3) is 0 Å². The molecular formula is C9H12N2O2. The Hall–Kier alpha value is -1.16. The summed E-state index contributed by atoms with van der Waals surface area (Å²) in [6.45, 7) is 0.698. The van der Waals surface area contributed by atoms with Gasteiger partial charge in [-0.3, -0.25) is 9.48 Å². The first kappa shape index (κ1) is 8.44. The highest BCUT2D eigenvalue weighted by atomic mass is 16.5. The number of carbonyl (C=O) groups is 1. The van der Waals surface area contributed by atoms with Crippen LogP contribution < -0.4 is 0 Å². The van der Waals surface area contributed by atoms with Crippen molar-refractivity contribution in [3.63, 3.8) is 0 Å². The van der Waals surface area contributed by atoms with Crippen LogP contribution in [-0.2, 0) is 11.8 Å². The fourth-order valence-corrected chi connectivity index (χ4v) is 1.50. The monoisotopic (exact) mass is 180 g/mol. The van der Waals surface area contributed by atoms with Gasteiger partial charge in [-0.1, -0.05) is 0 Å². The summed E-state index contributed by atoms with van der Waals surface area (Å²) < 4.78 is 6.91. The van der Waals surface area contributed by atoms with E-state index < -0.39 is 0 Å². The summed E-state index contributed by atoms with van der Waals surface area (Å²) in [6, 6.07) is 1.73. The van der Waals surface area contributed by atoms with E-state index in [4.69, 9.17) is 4.74 Å². The number of ether oxygens (including phenoxy) is 1. The average Bonchev–Trinajstić information content (AvgIpc) is 2.72. The molecule has 4 heteroatoms. The van der Waals surface area contributed by atoms with Crippen LogP contribution in [0.2, 0.25) is 0 Å². The van der Waals surface area contributed by atoms with Crippen LogP contribution >= 0.6 is 0 Å². The highest BCUT2D eigenvalue weighted by Crippen LogP contribution is 2.15. The van der Waals surface area contributed by atoms with Crippen LogP contribution in [0, 0.1) is 0 Å². The lowest BCUT2D eigenvalue weighted by Crippen LogP contribution is -2.20. The van der Waals surface area contributed by atoms with Gasteiger partial charge in [0.2, 0.25) is 5.78 Å². The lowest BCUT2D eigenvalue weighted by atomic mass is 10.1. The molecule has 13 heavy (non-hydrogen) atoms. The molecule has 2 rings (SSSR count). The Kier molecular flexibility index (Phi) is 2.14. The van der Waals surface area contributed by atoms with Gasteiger partial charge in [0.05, 0.1) is 0 Å². The molecule has 2 heterocycles. The second kappa shape index (κ2) is 3.30. The minimum atomic E-state index is -0.255. The molecule has 1 saturated heterocycles. The predicted octanol–water partition coefficient (Wildman–Crippen LogP) is 0.782. The second-order valence-corrected chi connectivity index (χ2v) is 3.24. The van der Waals surface area contributed by atoms with E-state index in [1.54, 1.807) is 24.0 Å². The van der Waals surface area contributed by atoms with Crippen molar-refractivity contribution in [2.24, 2.45) is 7.05 Å². The summed E-state index contributed by atoms with van der Waals surface area (Å²) in [5.41, 5.74) is 0.509. The molecule has 1 fully saturated rings. The normalized spacial score (nSPS) is 22.1. The lowest BCUT2D eigenvalue weighted by Gasteiger charge is -2.04. The number of rotatable bonds is 2. The van der Waals surface area contributed by atoms with Crippen molar-refractivity contribution >= 4 is 5.78 Å². The number of aryl methyl sites for hydroxylation is 1. The molecule has 0 aliphatic carbocycles. The van der Waals surface area contributed by atoms with Gasteiger partial charge in [0.1, 0.15) is 11.8 Å². The number of Topliss-reactive ketones (excluding diaryl/α,β-unsaturated/α-hetero) is 1. The molecule has 4 nitrogen and oxygen atoms in total. The zero-order chi connectivity index (χ0) is 9.26. The third-order valence-electron chi connectivity index (χ3n) is 2.19. The molecule has 1 aromatic rings. The van der Waals surface area contributed by atoms with Gasteiger partial charge >= 0.3 is 0 Å². The first-order chi connectivity index (χ1) is 6.27. The molecule has 0 bridgehead atoms. The smallest absolute Gasteiger partial charge is 0.211 e. The largest absolute Gasteiger partial charge is 0.370 e. The quantitative estimate of drug-likeness (QED) is 0.632. The summed E-state index contributed by atoms with van der Waals surface area (Å²) in [4.78, 5) is 11.7. The van der Waals surface area contributed by atoms with E-state index in [1.165, 1.54) is 0 Å². The molecule has 1 atom stereocenters. The van der Waals surface area contributed by atoms with Crippen LogP contribution in [0.4, 0.5) is 0 Å². The van der Waals surface area contributed by atoms with Crippen molar-refractivity contribution in [1.29, 1.82) is 0 Å². The zero-order valence-electron chi connectivity index (χ0n) is 7.56. The maximum absolute atomic E-state index is 11.7. The molecule has 0 spiro atoms. The zero-order valence-corrected chi connectivity index (χ0v) is 7.56. The number of hydrogen-bond donors (Lipinski definition) is 0. The second-order valence-electron chi connectivity index (χ2n) is 3.24. The van der Waals surface area contributed by atoms with Gasteiger partial charge < -0.3 is 4.74 Å². The molecule has 0 N–H and O–H groups in total. The van der Waals surface area contributed by atoms with Gasteiger partial charge in [-0.25, -0.2) is 0 Å². The van der Waals surface area contributed by atoms with Crippen molar-refractivity contribution in [3.05, 3.63) is 18.0 Å². The number of carbonyl (C=O) groups excluding carboxylic acids is 1. The molecule has 0 amide bonds.